The molecule has 1 fully saturated rings. The monoisotopic (exact) mass is 570 g/mol. The number of anilines is 1. The van der Waals surface area contributed by atoms with Crippen molar-refractivity contribution in [1.29, 1.82) is 0 Å². The lowest BCUT2D eigenvalue weighted by molar-refractivity contribution is -0.134. The highest BCUT2D eigenvalue weighted by molar-refractivity contribution is 7.90. The lowest BCUT2D eigenvalue weighted by Gasteiger charge is -2.33. The van der Waals surface area contributed by atoms with Crippen molar-refractivity contribution in [2.45, 2.75) is 32.1 Å². The Balaban J connectivity index is 1.78. The van der Waals surface area contributed by atoms with E-state index >= 15 is 0 Å². The Bertz CT molecular complexity index is 1290. The summed E-state index contributed by atoms with van der Waals surface area (Å²) in [5.74, 6) is -1.22. The van der Waals surface area contributed by atoms with E-state index in [0.717, 1.165) is 26.1 Å². The molecule has 2 aromatic carbocycles. The normalized spacial score (nSPS) is 14.4. The molecule has 10 nitrogen and oxygen atoms in total. The van der Waals surface area contributed by atoms with Gasteiger partial charge >= 0.3 is 12.1 Å². The zero-order valence-electron chi connectivity index (χ0n) is 21.7. The van der Waals surface area contributed by atoms with E-state index in [1.165, 1.54) is 50.3 Å². The van der Waals surface area contributed by atoms with Crippen molar-refractivity contribution in [1.82, 2.24) is 14.5 Å². The second kappa shape index (κ2) is 12.7. The summed E-state index contributed by atoms with van der Waals surface area (Å²) < 4.78 is 53.4. The molecule has 13 heteroatoms. The average molecular weight is 571 g/mol. The van der Waals surface area contributed by atoms with Crippen molar-refractivity contribution in [3.05, 3.63) is 52.3 Å². The predicted molar refractivity (Wildman–Crippen MR) is 143 cm³/mol. The summed E-state index contributed by atoms with van der Waals surface area (Å²) in [7, 11) is 0.340. The standard InChI is InChI=1S/C25H32ClFN4O6S/c1-16(15-31-11-6-12-31)18-13-19(26)22(37-25(33)30(3)4)14-21(18)36-23(32)10-9-17-7-5-8-20(24(17)27)29-38(34,35)28-2/h5,7-8,13-14,16,28-29H,6,9-12,15H2,1-4H3. The highest BCUT2D eigenvalue weighted by atomic mass is 35.5. The van der Waals surface area contributed by atoms with E-state index in [9.17, 15) is 22.4 Å². The first kappa shape index (κ1) is 29.6. The van der Waals surface area contributed by atoms with Crippen molar-refractivity contribution in [3.8, 4) is 11.5 Å². The first-order valence-electron chi connectivity index (χ1n) is 12.0. The van der Waals surface area contributed by atoms with Crippen molar-refractivity contribution >= 4 is 39.6 Å². The molecule has 1 heterocycles. The van der Waals surface area contributed by atoms with Crippen LogP contribution in [0.2, 0.25) is 5.02 Å². The molecule has 1 aliphatic heterocycles. The topological polar surface area (TPSA) is 117 Å². The third-order valence-corrected chi connectivity index (χ3v) is 7.37. The molecule has 2 aromatic rings. The number of rotatable bonds is 11. The first-order chi connectivity index (χ1) is 17.9. The molecule has 0 saturated carbocycles. The number of nitrogens with one attached hydrogen (secondary N) is 2. The van der Waals surface area contributed by atoms with Gasteiger partial charge < -0.3 is 19.3 Å². The fourth-order valence-electron chi connectivity index (χ4n) is 3.80. The van der Waals surface area contributed by atoms with Crippen LogP contribution in [0.3, 0.4) is 0 Å². The van der Waals surface area contributed by atoms with E-state index in [0.29, 0.717) is 5.56 Å². The number of hydrogen-bond acceptors (Lipinski definition) is 7. The SMILES string of the molecule is CNS(=O)(=O)Nc1cccc(CCC(=O)Oc2cc(OC(=O)N(C)C)c(Cl)cc2C(C)CN2CCC2)c1F. The number of carbonyl (C=O) groups is 2. The molecular formula is C25H32ClFN4O6S. The number of likely N-dealkylation sites (tertiary alicyclic amines) is 1. The Hall–Kier alpha value is -2.93. The second-order valence-electron chi connectivity index (χ2n) is 9.20. The maximum absolute atomic E-state index is 14.9. The van der Waals surface area contributed by atoms with Gasteiger partial charge in [-0.2, -0.15) is 8.42 Å². The summed E-state index contributed by atoms with van der Waals surface area (Å²) in [6.45, 7) is 4.69. The number of benzene rings is 2. The molecule has 1 amide bonds. The van der Waals surface area contributed by atoms with Crippen molar-refractivity contribution in [3.63, 3.8) is 0 Å². The van der Waals surface area contributed by atoms with Gasteiger partial charge in [0.05, 0.1) is 17.1 Å². The van der Waals surface area contributed by atoms with Crippen LogP contribution in [0.4, 0.5) is 14.9 Å². The Morgan fingerprint density at radius 2 is 1.89 bits per heavy atom. The second-order valence-corrected chi connectivity index (χ2v) is 11.2. The fourth-order valence-corrected chi connectivity index (χ4v) is 4.55. The molecule has 0 aliphatic carbocycles. The maximum atomic E-state index is 14.9. The van der Waals surface area contributed by atoms with Gasteiger partial charge in [-0.1, -0.05) is 30.7 Å². The highest BCUT2D eigenvalue weighted by Crippen LogP contribution is 2.38. The summed E-state index contributed by atoms with van der Waals surface area (Å²) in [6, 6.07) is 7.27. The van der Waals surface area contributed by atoms with E-state index in [1.807, 2.05) is 11.6 Å². The smallest absolute Gasteiger partial charge is 0.414 e. The average Bonchev–Trinajstić information content (AvgIpc) is 2.83. The van der Waals surface area contributed by atoms with Crippen LogP contribution in [-0.2, 0) is 21.4 Å². The Morgan fingerprint density at radius 1 is 1.18 bits per heavy atom. The highest BCUT2D eigenvalue weighted by Gasteiger charge is 2.24. The van der Waals surface area contributed by atoms with E-state index in [-0.39, 0.29) is 46.5 Å². The summed E-state index contributed by atoms with van der Waals surface area (Å²) in [6.07, 6.45) is 0.265. The molecule has 3 rings (SSSR count). The van der Waals surface area contributed by atoms with Crippen LogP contribution >= 0.6 is 11.6 Å². The minimum Gasteiger partial charge on any atom is -0.426 e. The maximum Gasteiger partial charge on any atom is 0.414 e. The molecular weight excluding hydrogens is 539 g/mol. The molecule has 0 aromatic heterocycles. The fraction of sp³-hybridized carbons (Fsp3) is 0.440. The molecule has 1 saturated heterocycles. The van der Waals surface area contributed by atoms with Gasteiger partial charge in [-0.05, 0) is 49.5 Å². The molecule has 1 unspecified atom stereocenters. The van der Waals surface area contributed by atoms with Crippen molar-refractivity contribution in [2.24, 2.45) is 0 Å². The third-order valence-electron chi connectivity index (χ3n) is 6.05. The summed E-state index contributed by atoms with van der Waals surface area (Å²) in [5.41, 5.74) is 0.577. The van der Waals surface area contributed by atoms with Crippen LogP contribution in [0.25, 0.3) is 0 Å². The zero-order chi connectivity index (χ0) is 28.0. The summed E-state index contributed by atoms with van der Waals surface area (Å²) in [4.78, 5) is 28.4. The predicted octanol–water partition coefficient (Wildman–Crippen LogP) is 3.76. The van der Waals surface area contributed by atoms with Gasteiger partial charge in [-0.25, -0.2) is 13.9 Å². The van der Waals surface area contributed by atoms with Crippen LogP contribution < -0.4 is 18.9 Å². The van der Waals surface area contributed by atoms with Crippen LogP contribution in [0.1, 0.15) is 36.8 Å². The number of nitrogens with zero attached hydrogens (tertiary/aromatic N) is 2. The van der Waals surface area contributed by atoms with Crippen LogP contribution in [0.15, 0.2) is 30.3 Å². The van der Waals surface area contributed by atoms with Gasteiger partial charge in [-0.3, -0.25) is 9.52 Å². The number of hydrogen-bond donors (Lipinski definition) is 2. The van der Waals surface area contributed by atoms with Gasteiger partial charge in [0, 0.05) is 39.3 Å². The number of aryl methyl sites for hydroxylation is 1. The molecule has 0 radical (unpaired) electrons. The van der Waals surface area contributed by atoms with Crippen molar-refractivity contribution < 1.29 is 31.9 Å². The van der Waals surface area contributed by atoms with Crippen molar-refractivity contribution in [2.75, 3.05) is 45.5 Å². The van der Waals surface area contributed by atoms with Crippen LogP contribution in [0.5, 0.6) is 11.5 Å². The Morgan fingerprint density at radius 3 is 2.50 bits per heavy atom. The summed E-state index contributed by atoms with van der Waals surface area (Å²) in [5, 5.41) is 0.202. The molecule has 1 aliphatic rings. The molecule has 2 N–H and O–H groups in total. The van der Waals surface area contributed by atoms with Gasteiger partial charge in [0.15, 0.2) is 11.6 Å². The number of halogens is 2. The first-order valence-corrected chi connectivity index (χ1v) is 13.9. The minimum atomic E-state index is -3.91. The quantitative estimate of drug-likeness (QED) is 0.312. The minimum absolute atomic E-state index is 0.0332. The molecule has 208 valence electrons. The lowest BCUT2D eigenvalue weighted by Crippen LogP contribution is -2.39. The molecule has 0 bridgehead atoms. The van der Waals surface area contributed by atoms with E-state index in [4.69, 9.17) is 21.1 Å². The number of carbonyl (C=O) groups excluding carboxylic acids is 2. The Kier molecular flexibility index (Phi) is 9.94. The summed E-state index contributed by atoms with van der Waals surface area (Å²) >= 11 is 6.40. The van der Waals surface area contributed by atoms with Gasteiger partial charge in [0.2, 0.25) is 0 Å². The van der Waals surface area contributed by atoms with Gasteiger partial charge in [-0.15, -0.1) is 0 Å². The third kappa shape index (κ3) is 7.79. The zero-order valence-corrected chi connectivity index (χ0v) is 23.3. The largest absolute Gasteiger partial charge is 0.426 e. The van der Waals surface area contributed by atoms with Crippen LogP contribution in [-0.4, -0.2) is 71.1 Å². The van der Waals surface area contributed by atoms with Gasteiger partial charge in [0.25, 0.3) is 10.2 Å². The molecule has 38 heavy (non-hydrogen) atoms. The Labute approximate surface area is 227 Å². The lowest BCUT2D eigenvalue weighted by atomic mass is 9.97. The van der Waals surface area contributed by atoms with Gasteiger partial charge in [0.1, 0.15) is 5.75 Å². The van der Waals surface area contributed by atoms with E-state index in [1.54, 1.807) is 6.07 Å². The number of ether oxygens (including phenoxy) is 2. The van der Waals surface area contributed by atoms with Crippen LogP contribution in [0, 0.1) is 5.82 Å². The molecule has 0 spiro atoms. The van der Waals surface area contributed by atoms with E-state index in [2.05, 4.69) is 9.62 Å². The van der Waals surface area contributed by atoms with E-state index < -0.39 is 28.1 Å². The number of esters is 1. The molecule has 1 atom stereocenters. The number of amides is 1.